The summed E-state index contributed by atoms with van der Waals surface area (Å²) in [5.41, 5.74) is 0. The zero-order valence-corrected chi connectivity index (χ0v) is 25.5. The molecule has 5 amide bonds. The summed E-state index contributed by atoms with van der Waals surface area (Å²) in [4.78, 5) is 69.1. The SMILES string of the molecule is O=C(O)CNC(=O)CNC(=O)CNC(=O)CNC(=O)CCCCCCCCCCCCC(=O)N[C@H]1C(O)O[C@H](CO)[C@@H](O)[C@@H]1O. The molecule has 17 nitrogen and oxygen atoms in total. The topological polar surface area (TPSA) is 273 Å². The van der Waals surface area contributed by atoms with Crippen LogP contribution in [0, 0.1) is 0 Å². The van der Waals surface area contributed by atoms with E-state index in [1.807, 2.05) is 0 Å². The summed E-state index contributed by atoms with van der Waals surface area (Å²) < 4.78 is 5.03. The summed E-state index contributed by atoms with van der Waals surface area (Å²) >= 11 is 0. The Morgan fingerprint density at radius 3 is 1.38 bits per heavy atom. The highest BCUT2D eigenvalue weighted by Crippen LogP contribution is 2.20. The Labute approximate surface area is 261 Å². The maximum absolute atomic E-state index is 12.1. The van der Waals surface area contributed by atoms with Crippen molar-refractivity contribution in [2.45, 2.75) is 108 Å². The second-order valence-electron chi connectivity index (χ2n) is 10.9. The van der Waals surface area contributed by atoms with Gasteiger partial charge in [0.1, 0.15) is 30.9 Å². The number of ether oxygens (including phenoxy) is 1. The van der Waals surface area contributed by atoms with Gasteiger partial charge in [0.05, 0.1) is 26.2 Å². The Hall–Kier alpha value is -3.38. The Bertz CT molecular complexity index is 953. The molecule has 1 aliphatic heterocycles. The van der Waals surface area contributed by atoms with Crippen LogP contribution in [0.15, 0.2) is 0 Å². The van der Waals surface area contributed by atoms with Crippen molar-refractivity contribution in [3.63, 3.8) is 0 Å². The van der Waals surface area contributed by atoms with Crippen LogP contribution in [0.25, 0.3) is 0 Å². The highest BCUT2D eigenvalue weighted by Gasteiger charge is 2.44. The van der Waals surface area contributed by atoms with Gasteiger partial charge in [-0.25, -0.2) is 0 Å². The van der Waals surface area contributed by atoms with Crippen LogP contribution in [0.3, 0.4) is 0 Å². The van der Waals surface area contributed by atoms with Crippen LogP contribution >= 0.6 is 0 Å². The summed E-state index contributed by atoms with van der Waals surface area (Å²) in [6, 6.07) is -1.17. The molecule has 0 saturated carbocycles. The van der Waals surface area contributed by atoms with Crippen LogP contribution in [0.2, 0.25) is 0 Å². The maximum atomic E-state index is 12.1. The van der Waals surface area contributed by atoms with Crippen molar-refractivity contribution in [2.24, 2.45) is 0 Å². The molecule has 17 heteroatoms. The lowest BCUT2D eigenvalue weighted by Gasteiger charge is -2.40. The molecule has 1 unspecified atom stereocenters. The summed E-state index contributed by atoms with van der Waals surface area (Å²) in [7, 11) is 0. The van der Waals surface area contributed by atoms with Crippen molar-refractivity contribution in [1.82, 2.24) is 26.6 Å². The van der Waals surface area contributed by atoms with E-state index < -0.39 is 80.6 Å². The van der Waals surface area contributed by atoms with Gasteiger partial charge in [0.25, 0.3) is 0 Å². The molecule has 0 spiro atoms. The molecule has 1 fully saturated rings. The predicted molar refractivity (Wildman–Crippen MR) is 157 cm³/mol. The first-order chi connectivity index (χ1) is 21.4. The second kappa shape index (κ2) is 23.0. The lowest BCUT2D eigenvalue weighted by molar-refractivity contribution is -0.253. The molecule has 258 valence electrons. The lowest BCUT2D eigenvalue weighted by atomic mass is 9.97. The minimum absolute atomic E-state index is 0.213. The number of carboxylic acid groups (broad SMARTS) is 1. The van der Waals surface area contributed by atoms with E-state index in [9.17, 15) is 44.1 Å². The molecule has 0 aromatic carbocycles. The van der Waals surface area contributed by atoms with Gasteiger partial charge < -0.3 is 56.9 Å². The van der Waals surface area contributed by atoms with Gasteiger partial charge in [0, 0.05) is 12.8 Å². The van der Waals surface area contributed by atoms with E-state index in [1.54, 1.807) is 0 Å². The Kier molecular flexibility index (Phi) is 20.3. The molecule has 1 heterocycles. The van der Waals surface area contributed by atoms with Crippen LogP contribution < -0.4 is 26.6 Å². The molecule has 5 atom stereocenters. The van der Waals surface area contributed by atoms with Crippen molar-refractivity contribution >= 4 is 35.5 Å². The Balaban J connectivity index is 1.95. The minimum Gasteiger partial charge on any atom is -0.480 e. The molecule has 0 aliphatic carbocycles. The molecule has 0 radical (unpaired) electrons. The number of aliphatic carboxylic acids is 1. The minimum atomic E-state index is -1.53. The number of carbonyl (C=O) groups excluding carboxylic acids is 5. The van der Waals surface area contributed by atoms with Gasteiger partial charge in [0.2, 0.25) is 29.5 Å². The number of aliphatic hydroxyl groups is 4. The van der Waals surface area contributed by atoms with Gasteiger partial charge in [-0.2, -0.15) is 0 Å². The van der Waals surface area contributed by atoms with Crippen LogP contribution in [0.4, 0.5) is 0 Å². The first-order valence-electron chi connectivity index (χ1n) is 15.3. The van der Waals surface area contributed by atoms with Gasteiger partial charge in [-0.15, -0.1) is 0 Å². The van der Waals surface area contributed by atoms with Gasteiger partial charge >= 0.3 is 5.97 Å². The number of carboxylic acids is 1. The average molecular weight is 648 g/mol. The number of hydrogen-bond acceptors (Lipinski definition) is 11. The summed E-state index contributed by atoms with van der Waals surface area (Å²) in [6.45, 7) is -2.25. The predicted octanol–water partition coefficient (Wildman–Crippen LogP) is -2.87. The standard InChI is InChI=1S/C28H49N5O12/c34-17-18-26(42)27(43)25(28(44)45-18)33-20(36)12-10-8-6-4-2-1-3-5-7-9-11-19(35)29-13-21(37)30-14-22(38)31-15-23(39)32-16-24(40)41/h18,25-28,34,42-44H,1-17H2,(H,29,35)(H,30,37)(H,31,38)(H,32,39)(H,33,36)(H,40,41)/t18-,25-,26-,27-,28?/m1/s1. The van der Waals surface area contributed by atoms with Crippen LogP contribution in [0.1, 0.15) is 77.0 Å². The lowest BCUT2D eigenvalue weighted by Crippen LogP contribution is -2.64. The monoisotopic (exact) mass is 647 g/mol. The highest BCUT2D eigenvalue weighted by molar-refractivity contribution is 5.90. The van der Waals surface area contributed by atoms with Crippen molar-refractivity contribution in [1.29, 1.82) is 0 Å². The number of aliphatic hydroxyl groups excluding tert-OH is 4. The molecular weight excluding hydrogens is 598 g/mol. The van der Waals surface area contributed by atoms with E-state index in [2.05, 4.69) is 26.6 Å². The molecule has 1 saturated heterocycles. The first-order valence-corrected chi connectivity index (χ1v) is 15.3. The van der Waals surface area contributed by atoms with E-state index in [0.29, 0.717) is 12.8 Å². The van der Waals surface area contributed by atoms with Crippen LogP contribution in [-0.4, -0.2) is 124 Å². The summed E-state index contributed by atoms with van der Waals surface area (Å²) in [5, 5.41) is 59.0. The van der Waals surface area contributed by atoms with E-state index in [-0.39, 0.29) is 31.2 Å². The number of unbranched alkanes of at least 4 members (excludes halogenated alkanes) is 9. The maximum Gasteiger partial charge on any atom is 0.322 e. The first kappa shape index (κ1) is 39.6. The fourth-order valence-corrected chi connectivity index (χ4v) is 4.48. The zero-order valence-electron chi connectivity index (χ0n) is 25.5. The molecule has 10 N–H and O–H groups in total. The van der Waals surface area contributed by atoms with Gasteiger partial charge in [-0.3, -0.25) is 28.8 Å². The van der Waals surface area contributed by atoms with E-state index in [4.69, 9.17) is 14.9 Å². The number of nitrogens with one attached hydrogen (secondary N) is 5. The number of carbonyl (C=O) groups is 6. The van der Waals surface area contributed by atoms with Gasteiger partial charge in [-0.05, 0) is 12.8 Å². The average Bonchev–Trinajstić information content (AvgIpc) is 3.01. The Morgan fingerprint density at radius 1 is 0.533 bits per heavy atom. The van der Waals surface area contributed by atoms with Crippen molar-refractivity contribution < 1.29 is 59.0 Å². The van der Waals surface area contributed by atoms with Crippen LogP contribution in [0.5, 0.6) is 0 Å². The third-order valence-electron chi connectivity index (χ3n) is 7.06. The molecule has 0 aromatic rings. The largest absolute Gasteiger partial charge is 0.480 e. The molecule has 0 bridgehead atoms. The smallest absolute Gasteiger partial charge is 0.322 e. The van der Waals surface area contributed by atoms with Crippen LogP contribution in [-0.2, 0) is 33.5 Å². The van der Waals surface area contributed by atoms with Crippen molar-refractivity contribution in [2.75, 3.05) is 32.8 Å². The number of amides is 5. The number of rotatable bonds is 23. The van der Waals surface area contributed by atoms with Gasteiger partial charge in [0.15, 0.2) is 6.29 Å². The highest BCUT2D eigenvalue weighted by atomic mass is 16.6. The summed E-state index contributed by atoms with van der Waals surface area (Å²) in [5.74, 6) is -3.75. The molecular formula is C28H49N5O12. The fraction of sp³-hybridized carbons (Fsp3) is 0.786. The third kappa shape index (κ3) is 18.2. The second-order valence-corrected chi connectivity index (χ2v) is 10.9. The van der Waals surface area contributed by atoms with E-state index in [1.165, 1.54) is 0 Å². The quantitative estimate of drug-likeness (QED) is 0.0502. The molecule has 1 aliphatic rings. The van der Waals surface area contributed by atoms with Crippen molar-refractivity contribution in [3.8, 4) is 0 Å². The zero-order chi connectivity index (χ0) is 33.6. The summed E-state index contributed by atoms with van der Waals surface area (Å²) in [6.07, 6.45) is 4.14. The fourth-order valence-electron chi connectivity index (χ4n) is 4.48. The molecule has 0 aromatic heterocycles. The van der Waals surface area contributed by atoms with Gasteiger partial charge in [-0.1, -0.05) is 51.4 Å². The van der Waals surface area contributed by atoms with E-state index in [0.717, 1.165) is 51.4 Å². The normalized spacial score (nSPS) is 20.9. The molecule has 1 rings (SSSR count). The Morgan fingerprint density at radius 2 is 0.933 bits per heavy atom. The third-order valence-corrected chi connectivity index (χ3v) is 7.06. The number of hydrogen-bond donors (Lipinski definition) is 10. The molecule has 45 heavy (non-hydrogen) atoms. The van der Waals surface area contributed by atoms with Crippen molar-refractivity contribution in [3.05, 3.63) is 0 Å². The van der Waals surface area contributed by atoms with E-state index >= 15 is 0 Å².